The molecule has 0 fully saturated rings. The van der Waals surface area contributed by atoms with Gasteiger partial charge in [-0.25, -0.2) is 0 Å². The van der Waals surface area contributed by atoms with Crippen LogP contribution in [0.2, 0.25) is 0 Å². The van der Waals surface area contributed by atoms with Crippen molar-refractivity contribution in [1.82, 2.24) is 0 Å². The highest BCUT2D eigenvalue weighted by atomic mass is 35.5. The molecule has 3 nitrogen and oxygen atoms in total. The first-order valence-electron chi connectivity index (χ1n) is 2.73. The van der Waals surface area contributed by atoms with Crippen molar-refractivity contribution in [3.8, 4) is 0 Å². The van der Waals surface area contributed by atoms with Crippen molar-refractivity contribution in [2.45, 2.75) is 12.3 Å². The van der Waals surface area contributed by atoms with Crippen LogP contribution in [0.4, 0.5) is 0 Å². The molecule has 0 spiro atoms. The van der Waals surface area contributed by atoms with Crippen LogP contribution >= 0.6 is 11.6 Å². The van der Waals surface area contributed by atoms with E-state index >= 15 is 0 Å². The molecule has 4 heteroatoms. The summed E-state index contributed by atoms with van der Waals surface area (Å²) in [6, 6.07) is 0. The Morgan fingerprint density at radius 1 is 1.89 bits per heavy atom. The average molecular weight is 152 g/mol. The van der Waals surface area contributed by atoms with Crippen molar-refractivity contribution in [2.75, 3.05) is 13.2 Å². The van der Waals surface area contributed by atoms with Crippen LogP contribution in [0.15, 0.2) is 0 Å². The normalized spacial score (nSPS) is 12.8. The molecule has 0 aliphatic carbocycles. The molecule has 0 aromatic rings. The molecule has 1 atom stereocenters. The predicted octanol–water partition coefficient (Wildman–Crippen LogP) is 0.116. The van der Waals surface area contributed by atoms with Crippen LogP contribution in [0.5, 0.6) is 0 Å². The fourth-order valence-electron chi connectivity index (χ4n) is 0.329. The molecule has 2 N–H and O–H groups in total. The van der Waals surface area contributed by atoms with E-state index in [1.165, 1.54) is 0 Å². The Morgan fingerprint density at radius 2 is 2.44 bits per heavy atom. The third kappa shape index (κ3) is 3.32. The largest absolute Gasteiger partial charge is 0.465 e. The summed E-state index contributed by atoms with van der Waals surface area (Å²) in [6.45, 7) is 2.19. The molecule has 0 saturated carbocycles. The monoisotopic (exact) mass is 151 g/mol. The molecular weight excluding hydrogens is 142 g/mol. The topological polar surface area (TPSA) is 52.3 Å². The smallest absolute Gasteiger partial charge is 0.325 e. The molecular formula is C5H10ClNO2. The van der Waals surface area contributed by atoms with Crippen molar-refractivity contribution in [2.24, 2.45) is 5.73 Å². The van der Waals surface area contributed by atoms with Crippen molar-refractivity contribution >= 4 is 17.6 Å². The molecule has 0 aromatic carbocycles. The third-order valence-corrected chi connectivity index (χ3v) is 1.11. The summed E-state index contributed by atoms with van der Waals surface area (Å²) in [4.78, 5) is 10.5. The predicted molar refractivity (Wildman–Crippen MR) is 35.3 cm³/mol. The molecule has 0 amide bonds. The zero-order valence-corrected chi connectivity index (χ0v) is 6.02. The van der Waals surface area contributed by atoms with Gasteiger partial charge in [-0.3, -0.25) is 4.79 Å². The Balaban J connectivity index is 3.46. The van der Waals surface area contributed by atoms with Crippen LogP contribution in [0.3, 0.4) is 0 Å². The number of rotatable bonds is 3. The lowest BCUT2D eigenvalue weighted by molar-refractivity contribution is -0.142. The summed E-state index contributed by atoms with van der Waals surface area (Å²) in [5, 5.41) is -0.690. The third-order valence-electron chi connectivity index (χ3n) is 0.749. The van der Waals surface area contributed by atoms with Crippen LogP contribution in [-0.4, -0.2) is 24.5 Å². The highest BCUT2D eigenvalue weighted by molar-refractivity contribution is 6.30. The summed E-state index contributed by atoms with van der Waals surface area (Å²) >= 11 is 5.39. The highest BCUT2D eigenvalue weighted by Gasteiger charge is 2.12. The standard InChI is InChI=1S/C5H10ClNO2/c1-2-9-5(8)4(6)3-7/h4H,2-3,7H2,1H3. The average Bonchev–Trinajstić information content (AvgIpc) is 1.87. The number of esters is 1. The summed E-state index contributed by atoms with van der Waals surface area (Å²) < 4.78 is 4.54. The summed E-state index contributed by atoms with van der Waals surface area (Å²) in [7, 11) is 0. The van der Waals surface area contributed by atoms with Crippen LogP contribution < -0.4 is 5.73 Å². The van der Waals surface area contributed by atoms with Gasteiger partial charge in [0.2, 0.25) is 0 Å². The molecule has 9 heavy (non-hydrogen) atoms. The van der Waals surface area contributed by atoms with Gasteiger partial charge in [0.1, 0.15) is 5.38 Å². The quantitative estimate of drug-likeness (QED) is 0.460. The highest BCUT2D eigenvalue weighted by Crippen LogP contribution is 1.95. The van der Waals surface area contributed by atoms with Crippen molar-refractivity contribution in [3.63, 3.8) is 0 Å². The molecule has 54 valence electrons. The Hall–Kier alpha value is -0.280. The SMILES string of the molecule is CCOC(=O)C(Cl)CN. The van der Waals surface area contributed by atoms with E-state index < -0.39 is 11.3 Å². The minimum absolute atomic E-state index is 0.125. The van der Waals surface area contributed by atoms with Gasteiger partial charge in [0.15, 0.2) is 0 Å². The van der Waals surface area contributed by atoms with E-state index in [1.54, 1.807) is 6.92 Å². The van der Waals surface area contributed by atoms with E-state index in [2.05, 4.69) is 4.74 Å². The van der Waals surface area contributed by atoms with Gasteiger partial charge in [0.05, 0.1) is 6.61 Å². The molecule has 0 aliphatic heterocycles. The number of ether oxygens (including phenoxy) is 1. The minimum Gasteiger partial charge on any atom is -0.465 e. The Morgan fingerprint density at radius 3 is 2.78 bits per heavy atom. The maximum atomic E-state index is 10.5. The Kier molecular flexibility index (Phi) is 4.44. The molecule has 0 radical (unpaired) electrons. The van der Waals surface area contributed by atoms with Gasteiger partial charge in [0, 0.05) is 6.54 Å². The summed E-state index contributed by atoms with van der Waals surface area (Å²) in [6.07, 6.45) is 0. The van der Waals surface area contributed by atoms with E-state index in [4.69, 9.17) is 17.3 Å². The number of carbonyl (C=O) groups excluding carboxylic acids is 1. The number of alkyl halides is 1. The number of hydrogen-bond acceptors (Lipinski definition) is 3. The maximum Gasteiger partial charge on any atom is 0.325 e. The van der Waals surface area contributed by atoms with Gasteiger partial charge >= 0.3 is 5.97 Å². The molecule has 0 bridgehead atoms. The van der Waals surface area contributed by atoms with E-state index in [0.29, 0.717) is 6.61 Å². The Labute approximate surface area is 59.1 Å². The molecule has 1 unspecified atom stereocenters. The van der Waals surface area contributed by atoms with Crippen molar-refractivity contribution < 1.29 is 9.53 Å². The number of hydrogen-bond donors (Lipinski definition) is 1. The summed E-state index contributed by atoms with van der Waals surface area (Å²) in [5.74, 6) is -0.443. The van der Waals surface area contributed by atoms with Crippen molar-refractivity contribution in [1.29, 1.82) is 0 Å². The van der Waals surface area contributed by atoms with E-state index in [9.17, 15) is 4.79 Å². The van der Waals surface area contributed by atoms with E-state index in [0.717, 1.165) is 0 Å². The number of carbonyl (C=O) groups is 1. The van der Waals surface area contributed by atoms with E-state index in [-0.39, 0.29) is 6.54 Å². The molecule has 0 rings (SSSR count). The molecule has 0 aromatic heterocycles. The van der Waals surface area contributed by atoms with Crippen LogP contribution in [0, 0.1) is 0 Å². The zero-order chi connectivity index (χ0) is 7.28. The van der Waals surface area contributed by atoms with Gasteiger partial charge in [-0.15, -0.1) is 11.6 Å². The summed E-state index contributed by atoms with van der Waals surface area (Å²) in [5.41, 5.74) is 5.07. The van der Waals surface area contributed by atoms with Gasteiger partial charge in [-0.2, -0.15) is 0 Å². The van der Waals surface area contributed by atoms with Crippen LogP contribution in [-0.2, 0) is 9.53 Å². The fraction of sp³-hybridized carbons (Fsp3) is 0.800. The lowest BCUT2D eigenvalue weighted by Crippen LogP contribution is -2.25. The second-order valence-corrected chi connectivity index (χ2v) is 1.98. The van der Waals surface area contributed by atoms with Crippen molar-refractivity contribution in [3.05, 3.63) is 0 Å². The van der Waals surface area contributed by atoms with Crippen LogP contribution in [0.1, 0.15) is 6.92 Å². The van der Waals surface area contributed by atoms with Crippen LogP contribution in [0.25, 0.3) is 0 Å². The second kappa shape index (κ2) is 4.58. The molecule has 0 heterocycles. The zero-order valence-electron chi connectivity index (χ0n) is 5.26. The first-order chi connectivity index (χ1) is 4.22. The van der Waals surface area contributed by atoms with Gasteiger partial charge in [-0.05, 0) is 6.92 Å². The number of halogens is 1. The molecule has 0 saturated heterocycles. The van der Waals surface area contributed by atoms with Gasteiger partial charge in [-0.1, -0.05) is 0 Å². The lowest BCUT2D eigenvalue weighted by Gasteiger charge is -2.03. The van der Waals surface area contributed by atoms with Gasteiger partial charge in [0.25, 0.3) is 0 Å². The minimum atomic E-state index is -0.690. The first-order valence-corrected chi connectivity index (χ1v) is 3.16. The Bertz CT molecular complexity index is 97.0. The lowest BCUT2D eigenvalue weighted by atomic mass is 10.4. The number of nitrogens with two attached hydrogens (primary N) is 1. The second-order valence-electron chi connectivity index (χ2n) is 1.46. The molecule has 0 aliphatic rings. The van der Waals surface area contributed by atoms with Gasteiger partial charge < -0.3 is 10.5 Å². The van der Waals surface area contributed by atoms with E-state index in [1.807, 2.05) is 0 Å². The maximum absolute atomic E-state index is 10.5. The first kappa shape index (κ1) is 8.72. The fourth-order valence-corrected chi connectivity index (χ4v) is 0.392.